The van der Waals surface area contributed by atoms with Gasteiger partial charge in [0.05, 0.1) is 24.6 Å². The Bertz CT molecular complexity index is 1560. The molecule has 2 aliphatic heterocycles. The molecular weight excluding hydrogens is 536 g/mol. The van der Waals surface area contributed by atoms with E-state index in [-0.39, 0.29) is 17.0 Å². The molecule has 12 nitrogen and oxygen atoms in total. The fourth-order valence-corrected chi connectivity index (χ4v) is 5.07. The van der Waals surface area contributed by atoms with Crippen molar-refractivity contribution in [1.29, 1.82) is 0 Å². The minimum atomic E-state index is -3.63. The predicted molar refractivity (Wildman–Crippen MR) is 150 cm³/mol. The van der Waals surface area contributed by atoms with Crippen molar-refractivity contribution in [2.75, 3.05) is 48.2 Å². The van der Waals surface area contributed by atoms with Crippen LogP contribution in [-0.4, -0.2) is 73.5 Å². The molecule has 0 aromatic carbocycles. The fraction of sp³-hybridized carbons (Fsp3) is 0.407. The highest BCUT2D eigenvalue weighted by Gasteiger charge is 2.30. The highest BCUT2D eigenvalue weighted by molar-refractivity contribution is 7.90. The first-order chi connectivity index (χ1) is 18.9. The van der Waals surface area contributed by atoms with Gasteiger partial charge in [-0.05, 0) is 39.0 Å². The first-order valence-electron chi connectivity index (χ1n) is 12.8. The van der Waals surface area contributed by atoms with Gasteiger partial charge in [0.1, 0.15) is 23.8 Å². The first kappa shape index (κ1) is 27.6. The van der Waals surface area contributed by atoms with Gasteiger partial charge in [0.25, 0.3) is 5.88 Å². The normalized spacial score (nSPS) is 18.2. The number of sulfone groups is 1. The van der Waals surface area contributed by atoms with E-state index in [4.69, 9.17) is 14.2 Å². The molecule has 0 saturated carbocycles. The van der Waals surface area contributed by atoms with Crippen molar-refractivity contribution in [2.24, 2.45) is 0 Å². The Hall–Kier alpha value is -3.97. The van der Waals surface area contributed by atoms with E-state index >= 15 is 0 Å². The maximum Gasteiger partial charge on any atom is 0.258 e. The third-order valence-electron chi connectivity index (χ3n) is 6.39. The predicted octanol–water partition coefficient (Wildman–Crippen LogP) is 3.42. The largest absolute Gasteiger partial charge is 0.484 e. The van der Waals surface area contributed by atoms with Crippen LogP contribution in [0, 0.1) is 0 Å². The molecule has 1 saturated heterocycles. The summed E-state index contributed by atoms with van der Waals surface area (Å²) in [6.07, 6.45) is 2.70. The SMILES string of the molecule is CC(=O)Nc1cc(Nc2cc(N3CCOC[C@H]3C)cc(S(C)(=O)=O)n2)c(-c2ccc3c(n2)OC(C)(C)CO3)cn1. The van der Waals surface area contributed by atoms with Gasteiger partial charge >= 0.3 is 0 Å². The Morgan fingerprint density at radius 2 is 1.95 bits per heavy atom. The number of nitrogens with one attached hydrogen (secondary N) is 2. The quantitative estimate of drug-likeness (QED) is 0.451. The second-order valence-corrected chi connectivity index (χ2v) is 12.5. The lowest BCUT2D eigenvalue weighted by molar-refractivity contribution is -0.114. The number of amides is 1. The summed E-state index contributed by atoms with van der Waals surface area (Å²) in [5, 5.41) is 5.87. The van der Waals surface area contributed by atoms with Gasteiger partial charge < -0.3 is 29.7 Å². The maximum absolute atomic E-state index is 12.6. The summed E-state index contributed by atoms with van der Waals surface area (Å²) in [4.78, 5) is 27.3. The smallest absolute Gasteiger partial charge is 0.258 e. The van der Waals surface area contributed by atoms with Crippen LogP contribution in [0.2, 0.25) is 0 Å². The summed E-state index contributed by atoms with van der Waals surface area (Å²) < 4.78 is 42.5. The number of fused-ring (bicyclic) bond motifs is 1. The minimum absolute atomic E-state index is 0.0467. The van der Waals surface area contributed by atoms with Crippen molar-refractivity contribution in [1.82, 2.24) is 15.0 Å². The number of aromatic nitrogens is 3. The molecule has 2 aliphatic rings. The Morgan fingerprint density at radius 3 is 2.67 bits per heavy atom. The Balaban J connectivity index is 1.59. The van der Waals surface area contributed by atoms with Gasteiger partial charge in [-0.2, -0.15) is 0 Å². The number of rotatable bonds is 6. The zero-order chi connectivity index (χ0) is 28.7. The van der Waals surface area contributed by atoms with E-state index in [2.05, 4.69) is 30.5 Å². The van der Waals surface area contributed by atoms with Gasteiger partial charge in [-0.1, -0.05) is 0 Å². The average molecular weight is 569 g/mol. The average Bonchev–Trinajstić information content (AvgIpc) is 2.87. The van der Waals surface area contributed by atoms with Crippen molar-refractivity contribution in [3.05, 3.63) is 36.5 Å². The minimum Gasteiger partial charge on any atom is -0.484 e. The molecule has 212 valence electrons. The molecule has 1 fully saturated rings. The number of carbonyl (C=O) groups is 1. The van der Waals surface area contributed by atoms with Gasteiger partial charge in [0.2, 0.25) is 5.91 Å². The lowest BCUT2D eigenvalue weighted by Crippen LogP contribution is -2.43. The third-order valence-corrected chi connectivity index (χ3v) is 7.36. The molecule has 5 heterocycles. The van der Waals surface area contributed by atoms with Gasteiger partial charge in [-0.15, -0.1) is 0 Å². The topological polar surface area (TPSA) is 145 Å². The zero-order valence-corrected chi connectivity index (χ0v) is 23.8. The van der Waals surface area contributed by atoms with Crippen molar-refractivity contribution < 1.29 is 27.4 Å². The van der Waals surface area contributed by atoms with Gasteiger partial charge in [-0.25, -0.2) is 23.4 Å². The molecule has 3 aromatic heterocycles. The summed E-state index contributed by atoms with van der Waals surface area (Å²) in [7, 11) is -3.63. The van der Waals surface area contributed by atoms with Crippen LogP contribution in [0.1, 0.15) is 27.7 Å². The second kappa shape index (κ2) is 10.5. The molecule has 0 aliphatic carbocycles. The lowest BCUT2D eigenvalue weighted by Gasteiger charge is -2.35. The van der Waals surface area contributed by atoms with Crippen LogP contribution < -0.4 is 25.0 Å². The van der Waals surface area contributed by atoms with Crippen molar-refractivity contribution in [3.63, 3.8) is 0 Å². The summed E-state index contributed by atoms with van der Waals surface area (Å²) in [6, 6.07) is 8.61. The standard InChI is InChI=1S/C27H32N6O6S/c1-16-14-37-9-8-33(16)18-10-24(32-25(11-18)40(5,35)36)30-21-12-23(29-17(2)34)28-13-19(21)20-6-7-22-26(31-20)39-27(3,4)15-38-22/h6-7,10-13,16H,8-9,14-15H2,1-5H3,(H2,28,29,30,32,34)/t16-/m1/s1. The Morgan fingerprint density at radius 1 is 1.15 bits per heavy atom. The molecule has 40 heavy (non-hydrogen) atoms. The number of anilines is 4. The van der Waals surface area contributed by atoms with Crippen molar-refractivity contribution in [3.8, 4) is 22.9 Å². The fourth-order valence-electron chi connectivity index (χ4n) is 4.48. The van der Waals surface area contributed by atoms with Crippen LogP contribution in [0.15, 0.2) is 41.6 Å². The number of pyridine rings is 3. The van der Waals surface area contributed by atoms with E-state index in [1.54, 1.807) is 36.5 Å². The summed E-state index contributed by atoms with van der Waals surface area (Å²) >= 11 is 0. The molecule has 2 N–H and O–H groups in total. The molecule has 13 heteroatoms. The third kappa shape index (κ3) is 6.10. The number of hydrogen-bond donors (Lipinski definition) is 2. The molecular formula is C27H32N6O6S. The lowest BCUT2D eigenvalue weighted by atomic mass is 10.1. The van der Waals surface area contributed by atoms with Gasteiger partial charge in [0.15, 0.2) is 20.6 Å². The van der Waals surface area contributed by atoms with E-state index in [0.717, 1.165) is 6.26 Å². The van der Waals surface area contributed by atoms with Gasteiger partial charge in [0, 0.05) is 55.3 Å². The second-order valence-electron chi connectivity index (χ2n) is 10.5. The highest BCUT2D eigenvalue weighted by atomic mass is 32.2. The monoisotopic (exact) mass is 568 g/mol. The van der Waals surface area contributed by atoms with Crippen molar-refractivity contribution in [2.45, 2.75) is 44.4 Å². The highest BCUT2D eigenvalue weighted by Crippen LogP contribution is 2.38. The molecule has 0 bridgehead atoms. The summed E-state index contributed by atoms with van der Waals surface area (Å²) in [5.41, 5.74) is 1.77. The maximum atomic E-state index is 12.6. The number of carbonyl (C=O) groups excluding carboxylic acids is 1. The van der Waals surface area contributed by atoms with E-state index in [1.807, 2.05) is 20.8 Å². The van der Waals surface area contributed by atoms with Gasteiger partial charge in [-0.3, -0.25) is 4.79 Å². The summed E-state index contributed by atoms with van der Waals surface area (Å²) in [6.45, 7) is 9.29. The number of ether oxygens (including phenoxy) is 3. The first-order valence-corrected chi connectivity index (χ1v) is 14.7. The van der Waals surface area contributed by atoms with E-state index in [1.165, 1.54) is 6.92 Å². The number of morpholine rings is 1. The van der Waals surface area contributed by atoms with Crippen LogP contribution in [0.25, 0.3) is 11.3 Å². The van der Waals surface area contributed by atoms with E-state index in [9.17, 15) is 13.2 Å². The molecule has 0 spiro atoms. The Kier molecular flexibility index (Phi) is 7.27. The van der Waals surface area contributed by atoms with E-state index in [0.29, 0.717) is 72.3 Å². The molecule has 0 unspecified atom stereocenters. The molecule has 0 radical (unpaired) electrons. The summed E-state index contributed by atoms with van der Waals surface area (Å²) in [5.74, 6) is 1.21. The molecule has 1 atom stereocenters. The Labute approximate surface area is 233 Å². The van der Waals surface area contributed by atoms with Crippen LogP contribution in [0.3, 0.4) is 0 Å². The number of nitrogens with zero attached hydrogens (tertiary/aromatic N) is 4. The van der Waals surface area contributed by atoms with Crippen molar-refractivity contribution >= 4 is 38.8 Å². The van der Waals surface area contributed by atoms with Crippen LogP contribution in [-0.2, 0) is 19.4 Å². The van der Waals surface area contributed by atoms with E-state index < -0.39 is 15.4 Å². The zero-order valence-electron chi connectivity index (χ0n) is 23.0. The van der Waals surface area contributed by atoms with Crippen LogP contribution in [0.5, 0.6) is 11.6 Å². The van der Waals surface area contributed by atoms with Crippen LogP contribution >= 0.6 is 0 Å². The molecule has 5 rings (SSSR count). The number of hydrogen-bond acceptors (Lipinski definition) is 11. The molecule has 3 aromatic rings. The molecule has 1 amide bonds. The van der Waals surface area contributed by atoms with Crippen LogP contribution in [0.4, 0.5) is 23.0 Å².